The molecule has 1 aliphatic heterocycles. The van der Waals surface area contributed by atoms with Gasteiger partial charge in [0.2, 0.25) is 0 Å². The van der Waals surface area contributed by atoms with Gasteiger partial charge >= 0.3 is 17.7 Å². The highest BCUT2D eigenvalue weighted by molar-refractivity contribution is 5.53. The first-order chi connectivity index (χ1) is 8.89. The Hall–Kier alpha value is -1.86. The van der Waals surface area contributed by atoms with E-state index in [2.05, 4.69) is 4.98 Å². The summed E-state index contributed by atoms with van der Waals surface area (Å²) in [5.74, 6) is -1.30. The van der Waals surface area contributed by atoms with Crippen LogP contribution in [0, 0.1) is 16.0 Å². The van der Waals surface area contributed by atoms with Crippen LogP contribution in [0.1, 0.15) is 12.8 Å². The number of rotatable bonds is 2. The van der Waals surface area contributed by atoms with Crippen LogP contribution in [0.15, 0.2) is 18.3 Å². The molecule has 0 aromatic carbocycles. The van der Waals surface area contributed by atoms with E-state index in [1.807, 2.05) is 0 Å². The molecule has 1 aromatic rings. The molecule has 0 spiro atoms. The van der Waals surface area contributed by atoms with E-state index in [0.29, 0.717) is 13.0 Å². The number of nitrogens with zero attached hydrogens (tertiary/aromatic N) is 2. The lowest BCUT2D eigenvalue weighted by Crippen LogP contribution is -2.43. The van der Waals surface area contributed by atoms with Gasteiger partial charge in [0.05, 0.1) is 30.1 Å². The van der Waals surface area contributed by atoms with E-state index in [1.54, 1.807) is 0 Å². The third-order valence-corrected chi connectivity index (χ3v) is 3.21. The van der Waals surface area contributed by atoms with Gasteiger partial charge in [-0.1, -0.05) is 0 Å². The number of halogens is 3. The summed E-state index contributed by atoms with van der Waals surface area (Å²) in [6.45, 7) is 0.138. The van der Waals surface area contributed by atoms with E-state index < -0.39 is 17.0 Å². The van der Waals surface area contributed by atoms with Gasteiger partial charge in [-0.25, -0.2) is 4.98 Å². The number of pyridine rings is 1. The second-order valence-electron chi connectivity index (χ2n) is 4.49. The zero-order valence-electron chi connectivity index (χ0n) is 9.98. The van der Waals surface area contributed by atoms with Crippen LogP contribution in [0.4, 0.5) is 24.7 Å². The van der Waals surface area contributed by atoms with Crippen molar-refractivity contribution in [2.24, 2.45) is 5.92 Å². The monoisotopic (exact) mass is 276 g/mol. The van der Waals surface area contributed by atoms with Crippen LogP contribution in [0.3, 0.4) is 0 Å². The summed E-state index contributed by atoms with van der Waals surface area (Å²) in [4.78, 5) is 14.4. The van der Waals surface area contributed by atoms with Gasteiger partial charge in [0, 0.05) is 6.07 Å². The minimum atomic E-state index is -4.26. The maximum Gasteiger partial charge on any atom is 0.395 e. The molecule has 0 amide bonds. The molecule has 0 aliphatic carbocycles. The fourth-order valence-electron chi connectivity index (χ4n) is 2.27. The van der Waals surface area contributed by atoms with Crippen molar-refractivity contribution < 1.29 is 23.1 Å². The normalized spacial score (nSPS) is 20.4. The van der Waals surface area contributed by atoms with E-state index in [0.717, 1.165) is 0 Å². The van der Waals surface area contributed by atoms with Gasteiger partial charge in [-0.15, -0.1) is 0 Å². The van der Waals surface area contributed by atoms with Gasteiger partial charge in [-0.05, 0) is 18.9 Å². The predicted molar refractivity (Wildman–Crippen MR) is 60.6 cm³/mol. The topological polar surface area (TPSA) is 60.5 Å². The molecule has 1 aliphatic rings. The molecule has 19 heavy (non-hydrogen) atoms. The average molecular weight is 276 g/mol. The molecule has 1 atom stereocenters. The molecule has 104 valence electrons. The molecule has 5 nitrogen and oxygen atoms in total. The van der Waals surface area contributed by atoms with Gasteiger partial charge in [0.25, 0.3) is 0 Å². The smallest absolute Gasteiger partial charge is 0.258 e. The minimum Gasteiger partial charge on any atom is -0.258 e. The number of hydrogen-bond acceptors (Lipinski definition) is 3. The number of H-pyrrole nitrogens is 1. The van der Waals surface area contributed by atoms with E-state index in [4.69, 9.17) is 0 Å². The van der Waals surface area contributed by atoms with Crippen LogP contribution in [-0.2, 0) is 0 Å². The Morgan fingerprint density at radius 2 is 2.21 bits per heavy atom. The van der Waals surface area contributed by atoms with Crippen molar-refractivity contribution in [3.8, 4) is 0 Å². The van der Waals surface area contributed by atoms with Gasteiger partial charge in [-0.2, -0.15) is 13.2 Å². The van der Waals surface area contributed by atoms with E-state index in [-0.39, 0.29) is 24.5 Å². The van der Waals surface area contributed by atoms with Crippen LogP contribution in [0.2, 0.25) is 0 Å². The lowest BCUT2D eigenvalue weighted by Gasteiger charge is -2.29. The molecule has 2 heterocycles. The Balaban J connectivity index is 2.25. The quantitative estimate of drug-likeness (QED) is 0.614. The van der Waals surface area contributed by atoms with Gasteiger partial charge in [0.1, 0.15) is 0 Å². The third-order valence-electron chi connectivity index (χ3n) is 3.21. The van der Waals surface area contributed by atoms with Crippen molar-refractivity contribution in [1.29, 1.82) is 0 Å². The summed E-state index contributed by atoms with van der Waals surface area (Å²) in [7, 11) is 0. The molecule has 1 saturated heterocycles. The Morgan fingerprint density at radius 3 is 2.84 bits per heavy atom. The molecule has 1 fully saturated rings. The summed E-state index contributed by atoms with van der Waals surface area (Å²) in [6, 6.07) is 2.73. The highest BCUT2D eigenvalue weighted by Gasteiger charge is 2.45. The molecular formula is C11H13F3N3O2+. The molecule has 8 heteroatoms. The van der Waals surface area contributed by atoms with Crippen molar-refractivity contribution >= 4 is 11.5 Å². The van der Waals surface area contributed by atoms with Gasteiger partial charge in [-0.3, -0.25) is 15.0 Å². The standard InChI is InChI=1S/C11H12F3N3O2/c12-11(13,14)8-3-2-6-16(7-8)10-9(17(18)19)4-1-5-15-10/h1,4-5,8H,2-3,6-7H2/p+1/t8-/m1/s1. The van der Waals surface area contributed by atoms with Crippen molar-refractivity contribution in [1.82, 2.24) is 0 Å². The molecule has 0 bridgehead atoms. The Morgan fingerprint density at radius 1 is 1.47 bits per heavy atom. The van der Waals surface area contributed by atoms with Crippen molar-refractivity contribution in [3.05, 3.63) is 28.4 Å². The molecule has 2 rings (SSSR count). The largest absolute Gasteiger partial charge is 0.395 e. The molecule has 1 N–H and O–H groups in total. The van der Waals surface area contributed by atoms with E-state index in [1.165, 1.54) is 23.2 Å². The number of hydrogen-bond donors (Lipinski definition) is 0. The van der Waals surface area contributed by atoms with Crippen LogP contribution in [-0.4, -0.2) is 24.2 Å². The average Bonchev–Trinajstić information content (AvgIpc) is 2.38. The summed E-state index contributed by atoms with van der Waals surface area (Å²) in [5.41, 5.74) is -0.203. The summed E-state index contributed by atoms with van der Waals surface area (Å²) < 4.78 is 38.2. The number of piperidine rings is 1. The molecular weight excluding hydrogens is 263 g/mol. The van der Waals surface area contributed by atoms with Gasteiger partial charge < -0.3 is 0 Å². The van der Waals surface area contributed by atoms with Crippen molar-refractivity contribution in [2.75, 3.05) is 18.0 Å². The van der Waals surface area contributed by atoms with Crippen LogP contribution >= 0.6 is 0 Å². The molecule has 0 saturated carbocycles. The Labute approximate surface area is 107 Å². The van der Waals surface area contributed by atoms with Crippen LogP contribution in [0.25, 0.3) is 0 Å². The number of alkyl halides is 3. The second-order valence-corrected chi connectivity index (χ2v) is 4.49. The lowest BCUT2D eigenvalue weighted by atomic mass is 9.97. The first kappa shape index (κ1) is 13.6. The predicted octanol–water partition coefficient (Wildman–Crippen LogP) is 2.19. The number of nitro groups is 1. The van der Waals surface area contributed by atoms with Crippen molar-refractivity contribution in [2.45, 2.75) is 19.0 Å². The van der Waals surface area contributed by atoms with Gasteiger partial charge in [0.15, 0.2) is 0 Å². The number of aromatic amines is 1. The second kappa shape index (κ2) is 5.02. The maximum absolute atomic E-state index is 12.7. The summed E-state index contributed by atoms with van der Waals surface area (Å²) in [5, 5.41) is 10.9. The third kappa shape index (κ3) is 2.94. The number of anilines is 1. The maximum atomic E-state index is 12.7. The van der Waals surface area contributed by atoms with E-state index in [9.17, 15) is 23.3 Å². The fraction of sp³-hybridized carbons (Fsp3) is 0.545. The molecule has 1 aromatic heterocycles. The molecule has 0 unspecified atom stereocenters. The first-order valence-electron chi connectivity index (χ1n) is 5.86. The van der Waals surface area contributed by atoms with Crippen molar-refractivity contribution in [3.63, 3.8) is 0 Å². The molecule has 0 radical (unpaired) electrons. The Bertz CT molecular complexity index is 478. The highest BCUT2D eigenvalue weighted by Crippen LogP contribution is 2.35. The van der Waals surface area contributed by atoms with E-state index >= 15 is 0 Å². The first-order valence-corrected chi connectivity index (χ1v) is 5.86. The SMILES string of the molecule is O=[N+]([O-])c1ccc[nH+]c1N1CCC[C@@H](C(F)(F)F)C1. The Kier molecular flexibility index (Phi) is 3.59. The van der Waals surface area contributed by atoms with Crippen LogP contribution in [0.5, 0.6) is 0 Å². The van der Waals surface area contributed by atoms with Crippen LogP contribution < -0.4 is 9.88 Å². The fourth-order valence-corrected chi connectivity index (χ4v) is 2.27. The summed E-state index contributed by atoms with van der Waals surface area (Å²) >= 11 is 0. The minimum absolute atomic E-state index is 0.0701. The zero-order valence-corrected chi connectivity index (χ0v) is 9.98. The number of aromatic nitrogens is 1. The zero-order chi connectivity index (χ0) is 14.0. The summed E-state index contributed by atoms with van der Waals surface area (Å²) in [6.07, 6.45) is -2.35. The highest BCUT2D eigenvalue weighted by atomic mass is 19.4. The lowest BCUT2D eigenvalue weighted by molar-refractivity contribution is -0.411. The number of nitrogens with one attached hydrogen (secondary N) is 1.